The Morgan fingerprint density at radius 3 is 1.14 bits per heavy atom. The molecule has 2 aromatic heterocycles. The first-order valence-corrected chi connectivity index (χ1v) is 40.8. The van der Waals surface area contributed by atoms with Gasteiger partial charge >= 0.3 is 6.18 Å². The van der Waals surface area contributed by atoms with Gasteiger partial charge in [-0.25, -0.2) is 20.0 Å². The van der Waals surface area contributed by atoms with Gasteiger partial charge in [0.25, 0.3) is 0 Å². The van der Waals surface area contributed by atoms with Gasteiger partial charge in [-0.3, -0.25) is 0 Å². The van der Waals surface area contributed by atoms with Gasteiger partial charge in [-0.15, -0.1) is 0 Å². The molecule has 15 aromatic carbocycles. The van der Waals surface area contributed by atoms with Crippen molar-refractivity contribution < 1.29 is 13.2 Å². The highest BCUT2D eigenvalue weighted by Crippen LogP contribution is 2.46. The lowest BCUT2D eigenvalue weighted by molar-refractivity contribution is -0.137. The molecule has 0 saturated heterocycles. The van der Waals surface area contributed by atoms with Crippen molar-refractivity contribution in [2.24, 2.45) is 9.98 Å². The molecule has 0 amide bonds. The monoisotopic (exact) mass is 1540 g/mol. The SMILES string of the molecule is Cc1ccc(-c2ccc3c4c(cccc24)NC3=Nc2ccc(-c3ccc(N(c4ccccc4)c4ccc(/C(C#N)=C(\C#N)c5ccc(N(c6ccccc6)c6ccc(-c7ccc(N=C8Nc9ccc(-c%10ccc([Si](c%11ccccc%11)(c%11ccccc%11)c%11ccccc%11)cc%10)c%10cccc8c9%10)nc7)cc6)cc5)cc4)cc3)cn2)c(C(F)(F)F)c1. The number of nitrogens with one attached hydrogen (secondary N) is 2. The van der Waals surface area contributed by atoms with E-state index in [1.807, 2.05) is 170 Å². The molecule has 2 aliphatic rings. The number of aromatic nitrogens is 2. The molecular formula is C104H69F3N10Si. The molecule has 0 radical (unpaired) electrons. The summed E-state index contributed by atoms with van der Waals surface area (Å²) in [6.45, 7) is 1.66. The number of nitrogens with zero attached hydrogens (tertiary/aromatic N) is 8. The largest absolute Gasteiger partial charge is 0.417 e. The van der Waals surface area contributed by atoms with Crippen LogP contribution in [0, 0.1) is 29.6 Å². The first-order valence-electron chi connectivity index (χ1n) is 38.8. The maximum Gasteiger partial charge on any atom is 0.417 e. The fourth-order valence-electron chi connectivity index (χ4n) is 16.8. The van der Waals surface area contributed by atoms with Gasteiger partial charge in [0.1, 0.15) is 23.8 Å². The maximum atomic E-state index is 14.4. The van der Waals surface area contributed by atoms with E-state index in [0.29, 0.717) is 45.1 Å². The van der Waals surface area contributed by atoms with E-state index in [0.717, 1.165) is 112 Å². The number of nitriles is 2. The maximum absolute atomic E-state index is 14.4. The fraction of sp³-hybridized carbons (Fsp3) is 0.0192. The van der Waals surface area contributed by atoms with Crippen LogP contribution in [0.1, 0.15) is 33.4 Å². The Bertz CT molecular complexity index is 6760. The zero-order valence-electron chi connectivity index (χ0n) is 63.7. The zero-order chi connectivity index (χ0) is 79.9. The van der Waals surface area contributed by atoms with Crippen LogP contribution < -0.4 is 41.2 Å². The van der Waals surface area contributed by atoms with Gasteiger partial charge in [-0.1, -0.05) is 260 Å². The smallest absolute Gasteiger partial charge is 0.339 e. The van der Waals surface area contributed by atoms with Crippen LogP contribution in [-0.2, 0) is 6.18 Å². The molecule has 0 fully saturated rings. The Morgan fingerprint density at radius 1 is 0.339 bits per heavy atom. The summed E-state index contributed by atoms with van der Waals surface area (Å²) in [5.41, 5.74) is 17.1. The molecule has 19 rings (SSSR count). The summed E-state index contributed by atoms with van der Waals surface area (Å²) >= 11 is 0. The number of aryl methyl sites for hydroxylation is 1. The summed E-state index contributed by atoms with van der Waals surface area (Å²) in [6, 6.07) is 131. The number of anilines is 8. The van der Waals surface area contributed by atoms with Crippen molar-refractivity contribution >= 4 is 130 Å². The van der Waals surface area contributed by atoms with Gasteiger partial charge in [0, 0.05) is 90.9 Å². The summed E-state index contributed by atoms with van der Waals surface area (Å²) in [5.74, 6) is 2.35. The summed E-state index contributed by atoms with van der Waals surface area (Å²) in [4.78, 5) is 23.9. The standard InChI is InChI=1S/C104H69F3N10Si/c1-68-33-56-88(95(63-68)104(105,106)107)87-57-58-92-101-90(87)30-18-32-96(101)112-103(92)115-99-62-45-75(67-111-99)70-36-48-79(49-37-70)117(77-21-9-3-10-22-77)81-52-40-73(41-53-81)94(65-109)93(64-108)72-38-50-80(51-39-72)116(76-19-7-2-8-20-76)78-46-34-69(35-47-78)74-44-61-98(110-66-74)114-102-91-31-17-29-89-86(59-60-97(113-102)100(89)91)71-42-54-85(55-43-71)118(82-23-11-4-12-24-82,83-25-13-5-14-26-83)84-27-15-6-16-28-84/h2-63,66-67H,1H3,(H,110,113,114)(H,111,112,115)/b94-93+. The third kappa shape index (κ3) is 13.5. The average molecular weight is 1540 g/mol. The Morgan fingerprint density at radius 2 is 0.703 bits per heavy atom. The predicted octanol–water partition coefficient (Wildman–Crippen LogP) is 24.1. The molecule has 0 bridgehead atoms. The molecule has 0 aliphatic carbocycles. The summed E-state index contributed by atoms with van der Waals surface area (Å²) < 4.78 is 43.1. The zero-order valence-corrected chi connectivity index (χ0v) is 64.7. The molecule has 0 saturated carbocycles. The molecule has 0 atom stereocenters. The number of benzene rings is 15. The minimum Gasteiger partial charge on any atom is -0.339 e. The lowest BCUT2D eigenvalue weighted by atomic mass is 9.91. The molecule has 2 N–H and O–H groups in total. The van der Waals surface area contributed by atoms with E-state index in [-0.39, 0.29) is 16.7 Å². The third-order valence-electron chi connectivity index (χ3n) is 22.3. The van der Waals surface area contributed by atoms with Gasteiger partial charge in [-0.05, 0) is 204 Å². The van der Waals surface area contributed by atoms with E-state index in [4.69, 9.17) is 20.0 Å². The van der Waals surface area contributed by atoms with E-state index in [2.05, 4.69) is 221 Å². The van der Waals surface area contributed by atoms with Crippen LogP contribution in [0.3, 0.4) is 0 Å². The summed E-state index contributed by atoms with van der Waals surface area (Å²) in [5, 5.41) is 37.9. The van der Waals surface area contributed by atoms with E-state index in [1.54, 1.807) is 31.3 Å². The second-order valence-electron chi connectivity index (χ2n) is 29.2. The lowest BCUT2D eigenvalue weighted by Gasteiger charge is -2.34. The summed E-state index contributed by atoms with van der Waals surface area (Å²) in [6.07, 6.45) is -0.880. The molecule has 560 valence electrons. The van der Waals surface area contributed by atoms with Crippen LogP contribution in [0.15, 0.2) is 398 Å². The molecule has 2 aliphatic heterocycles. The number of para-hydroxylation sites is 2. The molecule has 118 heavy (non-hydrogen) atoms. The topological polar surface area (TPSA) is 129 Å². The van der Waals surface area contributed by atoms with Crippen molar-refractivity contribution in [2.75, 3.05) is 20.4 Å². The highest BCUT2D eigenvalue weighted by atomic mass is 28.3. The van der Waals surface area contributed by atoms with Gasteiger partial charge in [0.15, 0.2) is 19.7 Å². The minimum atomic E-state index is -4.52. The number of allylic oxidation sites excluding steroid dienone is 2. The fourth-order valence-corrected chi connectivity index (χ4v) is 21.5. The first kappa shape index (κ1) is 72.6. The van der Waals surface area contributed by atoms with Crippen molar-refractivity contribution in [3.8, 4) is 56.6 Å². The van der Waals surface area contributed by atoms with E-state index in [1.165, 1.54) is 26.8 Å². The normalized spacial score (nSPS) is 13.0. The van der Waals surface area contributed by atoms with Crippen LogP contribution in [0.5, 0.6) is 0 Å². The number of hydrogen-bond donors (Lipinski definition) is 2. The Balaban J connectivity index is 0.539. The number of rotatable bonds is 18. The summed E-state index contributed by atoms with van der Waals surface area (Å²) in [7, 11) is -2.69. The molecule has 10 nitrogen and oxygen atoms in total. The van der Waals surface area contributed by atoms with Crippen LogP contribution in [0.25, 0.3) is 77.2 Å². The van der Waals surface area contributed by atoms with Crippen LogP contribution in [0.2, 0.25) is 0 Å². The number of aliphatic imine (C=N–C) groups is 2. The minimum absolute atomic E-state index is 0.126. The van der Waals surface area contributed by atoms with Crippen molar-refractivity contribution in [3.63, 3.8) is 0 Å². The Kier molecular flexibility index (Phi) is 18.9. The van der Waals surface area contributed by atoms with Gasteiger partial charge in [0.2, 0.25) is 0 Å². The number of hydrogen-bond acceptors (Lipinski definition) is 8. The predicted molar refractivity (Wildman–Crippen MR) is 479 cm³/mol. The highest BCUT2D eigenvalue weighted by molar-refractivity contribution is 7.19. The van der Waals surface area contributed by atoms with Gasteiger partial charge in [0.05, 0.1) is 16.7 Å². The lowest BCUT2D eigenvalue weighted by Crippen LogP contribution is -2.74. The molecule has 0 unspecified atom stereocenters. The highest BCUT2D eigenvalue weighted by Gasteiger charge is 2.42. The molecule has 4 heterocycles. The first-order chi connectivity index (χ1) is 57.9. The van der Waals surface area contributed by atoms with Crippen molar-refractivity contribution in [2.45, 2.75) is 13.1 Å². The Hall–Kier alpha value is -15.6. The number of pyridine rings is 2. The molecular weight excluding hydrogens is 1470 g/mol. The quantitative estimate of drug-likeness (QED) is 0.0376. The second kappa shape index (κ2) is 30.7. The van der Waals surface area contributed by atoms with Gasteiger partial charge < -0.3 is 20.4 Å². The van der Waals surface area contributed by atoms with Crippen molar-refractivity contribution in [3.05, 3.63) is 422 Å². The molecule has 0 spiro atoms. The van der Waals surface area contributed by atoms with Crippen LogP contribution in [-0.4, -0.2) is 29.7 Å². The molecule has 14 heteroatoms. The third-order valence-corrected chi connectivity index (χ3v) is 27.1. The average Bonchev–Trinajstić information content (AvgIpc) is 1.17. The molecule has 17 aromatic rings. The van der Waals surface area contributed by atoms with Crippen molar-refractivity contribution in [1.82, 2.24) is 9.97 Å². The van der Waals surface area contributed by atoms with Crippen LogP contribution >= 0.6 is 0 Å². The number of amidine groups is 2. The van der Waals surface area contributed by atoms with Crippen LogP contribution in [0.4, 0.5) is 70.3 Å². The number of halogens is 3. The Labute approximate surface area is 681 Å². The van der Waals surface area contributed by atoms with Gasteiger partial charge in [-0.2, -0.15) is 23.7 Å². The van der Waals surface area contributed by atoms with E-state index < -0.39 is 19.8 Å². The second-order valence-corrected chi connectivity index (χ2v) is 33.0. The van der Waals surface area contributed by atoms with Crippen molar-refractivity contribution in [1.29, 1.82) is 10.5 Å². The van der Waals surface area contributed by atoms with E-state index >= 15 is 0 Å². The van der Waals surface area contributed by atoms with E-state index in [9.17, 15) is 23.7 Å². The number of alkyl halides is 3.